The molecule has 0 radical (unpaired) electrons. The molecule has 6 nitrogen and oxygen atoms in total. The first-order chi connectivity index (χ1) is 11.5. The van der Waals surface area contributed by atoms with E-state index in [1.165, 1.54) is 4.57 Å². The zero-order valence-electron chi connectivity index (χ0n) is 13.0. The minimum atomic E-state index is -0.388. The number of urea groups is 1. The van der Waals surface area contributed by atoms with Gasteiger partial charge in [0.25, 0.3) is 0 Å². The molecule has 0 bridgehead atoms. The molecule has 0 aliphatic carbocycles. The molecule has 0 fully saturated rings. The van der Waals surface area contributed by atoms with Crippen molar-refractivity contribution in [2.24, 2.45) is 7.05 Å². The topological polar surface area (TPSA) is 76.3 Å². The van der Waals surface area contributed by atoms with E-state index in [0.717, 1.165) is 11.1 Å². The second-order valence-electron chi connectivity index (χ2n) is 5.37. The second-order valence-corrected chi connectivity index (χ2v) is 5.81. The number of carbonyl (C=O) groups excluding carboxylic acids is 1. The Morgan fingerprint density at radius 3 is 2.88 bits per heavy atom. The lowest BCUT2D eigenvalue weighted by atomic mass is 10.1. The molecule has 0 aliphatic heterocycles. The lowest BCUT2D eigenvalue weighted by molar-refractivity contribution is 0.252. The number of fused-ring (bicyclic) bond motifs is 1. The van der Waals surface area contributed by atoms with Gasteiger partial charge in [0.15, 0.2) is 5.58 Å². The number of nitrogens with zero attached hydrogens (tertiary/aromatic N) is 1. The van der Waals surface area contributed by atoms with Crippen LogP contribution in [0.3, 0.4) is 0 Å². The SMILES string of the molecule is Cn1c(=O)oc2cc(CCNC(=O)Nc3cccc(Cl)c3)ccc21. The fourth-order valence-electron chi connectivity index (χ4n) is 2.40. The van der Waals surface area contributed by atoms with Gasteiger partial charge >= 0.3 is 11.8 Å². The quantitative estimate of drug-likeness (QED) is 0.762. The van der Waals surface area contributed by atoms with Crippen molar-refractivity contribution in [1.82, 2.24) is 9.88 Å². The molecule has 24 heavy (non-hydrogen) atoms. The van der Waals surface area contributed by atoms with Crippen molar-refractivity contribution in [2.75, 3.05) is 11.9 Å². The van der Waals surface area contributed by atoms with Gasteiger partial charge in [-0.25, -0.2) is 9.59 Å². The highest BCUT2D eigenvalue weighted by Gasteiger charge is 2.07. The van der Waals surface area contributed by atoms with E-state index in [9.17, 15) is 9.59 Å². The van der Waals surface area contributed by atoms with Crippen molar-refractivity contribution in [1.29, 1.82) is 0 Å². The third-order valence-corrected chi connectivity index (χ3v) is 3.87. The molecule has 0 atom stereocenters. The standard InChI is InChI=1S/C17H16ClN3O3/c1-21-14-6-5-11(9-15(14)24-17(21)23)7-8-19-16(22)20-13-4-2-3-12(18)10-13/h2-6,9-10H,7-8H2,1H3,(H2,19,20,22). The number of rotatable bonds is 4. The minimum absolute atomic E-state index is 0.301. The molecule has 3 rings (SSSR count). The van der Waals surface area contributed by atoms with E-state index < -0.39 is 0 Å². The summed E-state index contributed by atoms with van der Waals surface area (Å²) in [4.78, 5) is 23.3. The van der Waals surface area contributed by atoms with Crippen LogP contribution in [0.25, 0.3) is 11.1 Å². The summed E-state index contributed by atoms with van der Waals surface area (Å²) < 4.78 is 6.61. The molecule has 0 spiro atoms. The van der Waals surface area contributed by atoms with E-state index in [1.807, 2.05) is 18.2 Å². The second kappa shape index (κ2) is 6.80. The number of anilines is 1. The van der Waals surface area contributed by atoms with Crippen LogP contribution < -0.4 is 16.4 Å². The van der Waals surface area contributed by atoms with Crippen molar-refractivity contribution >= 4 is 34.4 Å². The summed E-state index contributed by atoms with van der Waals surface area (Å²) in [6.45, 7) is 0.453. The number of aryl methyl sites for hydroxylation is 1. The van der Waals surface area contributed by atoms with Crippen LogP contribution in [0.15, 0.2) is 51.7 Å². The number of benzene rings is 2. The highest BCUT2D eigenvalue weighted by atomic mass is 35.5. The van der Waals surface area contributed by atoms with Gasteiger partial charge < -0.3 is 15.1 Å². The summed E-state index contributed by atoms with van der Waals surface area (Å²) in [5.41, 5.74) is 2.89. The Balaban J connectivity index is 1.56. The predicted molar refractivity (Wildman–Crippen MR) is 93.6 cm³/mol. The molecule has 0 saturated carbocycles. The van der Waals surface area contributed by atoms with Crippen molar-refractivity contribution in [3.63, 3.8) is 0 Å². The zero-order chi connectivity index (χ0) is 17.1. The first kappa shape index (κ1) is 16.1. The van der Waals surface area contributed by atoms with E-state index >= 15 is 0 Å². The van der Waals surface area contributed by atoms with Crippen LogP contribution >= 0.6 is 11.6 Å². The van der Waals surface area contributed by atoms with E-state index in [4.69, 9.17) is 16.0 Å². The van der Waals surface area contributed by atoms with Gasteiger partial charge in [0, 0.05) is 24.3 Å². The van der Waals surface area contributed by atoms with Gasteiger partial charge in [-0.1, -0.05) is 23.7 Å². The van der Waals surface area contributed by atoms with E-state index in [-0.39, 0.29) is 11.8 Å². The average Bonchev–Trinajstić information content (AvgIpc) is 2.81. The summed E-state index contributed by atoms with van der Waals surface area (Å²) in [5, 5.41) is 6.05. The lowest BCUT2D eigenvalue weighted by Crippen LogP contribution is -2.30. The lowest BCUT2D eigenvalue weighted by Gasteiger charge is -2.08. The van der Waals surface area contributed by atoms with Crippen molar-refractivity contribution < 1.29 is 9.21 Å². The van der Waals surface area contributed by atoms with Crippen LogP contribution in [0.4, 0.5) is 10.5 Å². The summed E-state index contributed by atoms with van der Waals surface area (Å²) in [7, 11) is 1.66. The monoisotopic (exact) mass is 345 g/mol. The summed E-state index contributed by atoms with van der Waals surface area (Å²) in [5.74, 6) is -0.388. The van der Waals surface area contributed by atoms with Gasteiger partial charge in [-0.2, -0.15) is 0 Å². The van der Waals surface area contributed by atoms with Gasteiger partial charge in [0.05, 0.1) is 5.52 Å². The number of nitrogens with one attached hydrogen (secondary N) is 2. The molecule has 0 saturated heterocycles. The number of carbonyl (C=O) groups is 1. The van der Waals surface area contributed by atoms with Gasteiger partial charge in [-0.05, 0) is 42.3 Å². The fraction of sp³-hybridized carbons (Fsp3) is 0.176. The third-order valence-electron chi connectivity index (χ3n) is 3.64. The van der Waals surface area contributed by atoms with E-state index in [0.29, 0.717) is 29.3 Å². The number of amides is 2. The number of oxazole rings is 1. The molecule has 2 amide bonds. The fourth-order valence-corrected chi connectivity index (χ4v) is 2.59. The van der Waals surface area contributed by atoms with Crippen molar-refractivity contribution in [3.05, 3.63) is 63.6 Å². The molecule has 0 unspecified atom stereocenters. The van der Waals surface area contributed by atoms with Crippen LogP contribution in [0.2, 0.25) is 5.02 Å². The Morgan fingerprint density at radius 1 is 1.25 bits per heavy atom. The van der Waals surface area contributed by atoms with E-state index in [1.54, 1.807) is 31.3 Å². The highest BCUT2D eigenvalue weighted by molar-refractivity contribution is 6.30. The number of hydrogen-bond acceptors (Lipinski definition) is 3. The van der Waals surface area contributed by atoms with Crippen LogP contribution in [0.5, 0.6) is 0 Å². The maximum Gasteiger partial charge on any atom is 0.419 e. The van der Waals surface area contributed by atoms with Gasteiger partial charge in [-0.3, -0.25) is 4.57 Å². The molecule has 2 aromatic carbocycles. The largest absolute Gasteiger partial charge is 0.419 e. The number of aromatic nitrogens is 1. The zero-order valence-corrected chi connectivity index (χ0v) is 13.8. The first-order valence-corrected chi connectivity index (χ1v) is 7.79. The highest BCUT2D eigenvalue weighted by Crippen LogP contribution is 2.15. The summed E-state index contributed by atoms with van der Waals surface area (Å²) >= 11 is 5.87. The van der Waals surface area contributed by atoms with Gasteiger partial charge in [0.1, 0.15) is 0 Å². The van der Waals surface area contributed by atoms with E-state index in [2.05, 4.69) is 10.6 Å². The molecule has 0 aliphatic rings. The summed E-state index contributed by atoms with van der Waals surface area (Å²) in [6.07, 6.45) is 0.623. The van der Waals surface area contributed by atoms with Crippen LogP contribution in [-0.2, 0) is 13.5 Å². The van der Waals surface area contributed by atoms with Crippen molar-refractivity contribution in [2.45, 2.75) is 6.42 Å². The third kappa shape index (κ3) is 3.60. The average molecular weight is 346 g/mol. The molecule has 1 aromatic heterocycles. The maximum atomic E-state index is 11.8. The van der Waals surface area contributed by atoms with Crippen LogP contribution in [-0.4, -0.2) is 17.1 Å². The van der Waals surface area contributed by atoms with Gasteiger partial charge in [0.2, 0.25) is 0 Å². The summed E-state index contributed by atoms with van der Waals surface area (Å²) in [6, 6.07) is 12.2. The van der Waals surface area contributed by atoms with Crippen LogP contribution in [0, 0.1) is 0 Å². The van der Waals surface area contributed by atoms with Crippen molar-refractivity contribution in [3.8, 4) is 0 Å². The minimum Gasteiger partial charge on any atom is -0.408 e. The Bertz CT molecular complexity index is 946. The van der Waals surface area contributed by atoms with Crippen LogP contribution in [0.1, 0.15) is 5.56 Å². The number of hydrogen-bond donors (Lipinski definition) is 2. The Kier molecular flexibility index (Phi) is 4.57. The molecule has 124 valence electrons. The number of halogens is 1. The molecule has 7 heteroatoms. The van der Waals surface area contributed by atoms with Gasteiger partial charge in [-0.15, -0.1) is 0 Å². The normalized spacial score (nSPS) is 10.8. The molecule has 1 heterocycles. The Labute approximate surface area is 143 Å². The Hall–Kier alpha value is -2.73. The first-order valence-electron chi connectivity index (χ1n) is 7.42. The smallest absolute Gasteiger partial charge is 0.408 e. The molecular weight excluding hydrogens is 330 g/mol. The predicted octanol–water partition coefficient (Wildman–Crippen LogP) is 3.15. The molecule has 3 aromatic rings. The Morgan fingerprint density at radius 2 is 2.08 bits per heavy atom. The molecular formula is C17H16ClN3O3. The maximum absolute atomic E-state index is 11.8. The molecule has 2 N–H and O–H groups in total.